The number of ether oxygens (including phenoxy) is 2. The van der Waals surface area contributed by atoms with E-state index in [9.17, 15) is 19.5 Å². The van der Waals surface area contributed by atoms with Gasteiger partial charge in [-0.3, -0.25) is 9.59 Å². The fraction of sp³-hybridized carbons (Fsp3) is 0.906. The summed E-state index contributed by atoms with van der Waals surface area (Å²) in [5, 5.41) is 13.6. The Labute approximate surface area is 247 Å². The summed E-state index contributed by atoms with van der Waals surface area (Å²) in [6, 6.07) is -0.522. The van der Waals surface area contributed by atoms with Crippen molar-refractivity contribution >= 4 is 17.9 Å². The van der Waals surface area contributed by atoms with Crippen LogP contribution in [0.3, 0.4) is 0 Å². The van der Waals surface area contributed by atoms with Gasteiger partial charge < -0.3 is 30.5 Å². The van der Waals surface area contributed by atoms with Gasteiger partial charge >= 0.3 is 12.0 Å². The molecule has 2 atom stereocenters. The molecule has 2 unspecified atom stereocenters. The minimum absolute atomic E-state index is 0.0811. The second kappa shape index (κ2) is 14.1. The summed E-state index contributed by atoms with van der Waals surface area (Å²) in [5.41, 5.74) is 4.28. The molecule has 0 aromatic heterocycles. The number of amides is 3. The summed E-state index contributed by atoms with van der Waals surface area (Å²) in [6.45, 7) is 9.84. The molecule has 9 nitrogen and oxygen atoms in total. The van der Waals surface area contributed by atoms with Crippen LogP contribution in [0.15, 0.2) is 0 Å². The first kappa shape index (κ1) is 33.6. The molecule has 3 amide bonds. The first-order chi connectivity index (χ1) is 19.3. The molecule has 0 bridgehead atoms. The number of hydrogen-bond donors (Lipinski definition) is 3. The summed E-state index contributed by atoms with van der Waals surface area (Å²) in [4.78, 5) is 41.9. The van der Waals surface area contributed by atoms with Crippen molar-refractivity contribution in [2.24, 2.45) is 17.1 Å². The lowest BCUT2D eigenvalue weighted by Gasteiger charge is -2.59. The van der Waals surface area contributed by atoms with E-state index in [-0.39, 0.29) is 12.5 Å². The van der Waals surface area contributed by atoms with Crippen LogP contribution in [-0.2, 0) is 19.1 Å². The van der Waals surface area contributed by atoms with E-state index in [1.807, 2.05) is 18.7 Å². The zero-order valence-electron chi connectivity index (χ0n) is 26.4. The molecule has 2 aliphatic carbocycles. The maximum Gasteiger partial charge on any atom is 0.315 e. The molecule has 2 saturated carbocycles. The Morgan fingerprint density at radius 3 is 2.07 bits per heavy atom. The molecule has 3 fully saturated rings. The Bertz CT molecular complexity index is 892. The Morgan fingerprint density at radius 2 is 1.54 bits per heavy atom. The third kappa shape index (κ3) is 7.95. The number of nitrogens with two attached hydrogens (primary N) is 1. The van der Waals surface area contributed by atoms with Crippen molar-refractivity contribution in [1.29, 1.82) is 0 Å². The van der Waals surface area contributed by atoms with E-state index >= 15 is 0 Å². The number of unbranched alkanes of at least 4 members (excludes halogenated alkanes) is 5. The number of carboxylic acid groups (broad SMARTS) is 1. The Hall–Kier alpha value is -1.87. The van der Waals surface area contributed by atoms with E-state index in [0.29, 0.717) is 19.4 Å². The molecule has 1 aliphatic heterocycles. The first-order valence-corrected chi connectivity index (χ1v) is 16.2. The molecule has 236 valence electrons. The molecule has 4 N–H and O–H groups in total. The second-order valence-corrected chi connectivity index (χ2v) is 14.1. The van der Waals surface area contributed by atoms with Crippen molar-refractivity contribution in [3.8, 4) is 0 Å². The van der Waals surface area contributed by atoms with Gasteiger partial charge in [-0.2, -0.15) is 0 Å². The molecule has 1 heterocycles. The van der Waals surface area contributed by atoms with Gasteiger partial charge in [0, 0.05) is 17.5 Å². The van der Waals surface area contributed by atoms with Crippen LogP contribution in [-0.4, -0.2) is 64.0 Å². The average molecular weight is 580 g/mol. The second-order valence-electron chi connectivity index (χ2n) is 14.1. The number of nitrogens with one attached hydrogen (secondary N) is 1. The predicted molar refractivity (Wildman–Crippen MR) is 159 cm³/mol. The molecule has 0 aromatic carbocycles. The summed E-state index contributed by atoms with van der Waals surface area (Å²) < 4.78 is 11.8. The molecular formula is C32H57N3O6. The number of aliphatic carboxylic acids is 1. The van der Waals surface area contributed by atoms with Gasteiger partial charge in [0.25, 0.3) is 0 Å². The van der Waals surface area contributed by atoms with Crippen LogP contribution >= 0.6 is 0 Å². The fourth-order valence-corrected chi connectivity index (χ4v) is 7.52. The lowest BCUT2D eigenvalue weighted by atomic mass is 9.66. The highest BCUT2D eigenvalue weighted by Gasteiger charge is 2.57. The summed E-state index contributed by atoms with van der Waals surface area (Å²) in [7, 11) is 0. The van der Waals surface area contributed by atoms with E-state index in [1.165, 1.54) is 25.7 Å². The Balaban J connectivity index is 1.88. The van der Waals surface area contributed by atoms with Crippen molar-refractivity contribution < 1.29 is 29.0 Å². The van der Waals surface area contributed by atoms with Crippen LogP contribution < -0.4 is 11.1 Å². The molecule has 9 heteroatoms. The van der Waals surface area contributed by atoms with Crippen molar-refractivity contribution in [2.75, 3.05) is 13.2 Å². The highest BCUT2D eigenvalue weighted by atomic mass is 16.7. The van der Waals surface area contributed by atoms with Crippen LogP contribution in [0.5, 0.6) is 0 Å². The minimum Gasteiger partial charge on any atom is -0.481 e. The largest absolute Gasteiger partial charge is 0.481 e. The van der Waals surface area contributed by atoms with E-state index in [2.05, 4.69) is 12.2 Å². The van der Waals surface area contributed by atoms with E-state index in [4.69, 9.17) is 15.2 Å². The first-order valence-electron chi connectivity index (χ1n) is 16.2. The van der Waals surface area contributed by atoms with Crippen molar-refractivity contribution in [3.05, 3.63) is 0 Å². The SMILES string of the molecule is CCCCCCCCC1(N(C(N)=O)C2(C(CNC(=O)C3OC(C)(C)OCC3(C)C)C(=O)O)CCCCCC2)CCC1. The quantitative estimate of drug-likeness (QED) is 0.168. The summed E-state index contributed by atoms with van der Waals surface area (Å²) >= 11 is 0. The maximum atomic E-state index is 13.5. The number of hydrogen-bond acceptors (Lipinski definition) is 5. The van der Waals surface area contributed by atoms with Crippen LogP contribution in [0.2, 0.25) is 0 Å². The van der Waals surface area contributed by atoms with E-state index < -0.39 is 46.3 Å². The van der Waals surface area contributed by atoms with Crippen LogP contribution in [0.4, 0.5) is 4.79 Å². The van der Waals surface area contributed by atoms with Gasteiger partial charge in [0.1, 0.15) is 6.10 Å². The maximum absolute atomic E-state index is 13.5. The van der Waals surface area contributed by atoms with E-state index in [0.717, 1.165) is 64.2 Å². The number of carbonyl (C=O) groups excluding carboxylic acids is 2. The predicted octanol–water partition coefficient (Wildman–Crippen LogP) is 6.13. The minimum atomic E-state index is -1.00. The number of primary amides is 1. The van der Waals surface area contributed by atoms with E-state index in [1.54, 1.807) is 13.8 Å². The number of urea groups is 1. The molecule has 41 heavy (non-hydrogen) atoms. The Morgan fingerprint density at radius 1 is 0.927 bits per heavy atom. The molecule has 0 aromatic rings. The lowest BCUT2D eigenvalue weighted by molar-refractivity contribution is -0.304. The van der Waals surface area contributed by atoms with Gasteiger partial charge in [-0.15, -0.1) is 0 Å². The zero-order valence-corrected chi connectivity index (χ0v) is 26.4. The van der Waals surface area contributed by atoms with Gasteiger partial charge in [-0.25, -0.2) is 4.79 Å². The number of nitrogens with zero attached hydrogens (tertiary/aromatic N) is 1. The topological polar surface area (TPSA) is 131 Å². The third-order valence-corrected chi connectivity index (χ3v) is 9.96. The summed E-state index contributed by atoms with van der Waals surface area (Å²) in [6.07, 6.45) is 14.5. The molecule has 0 radical (unpaired) electrons. The van der Waals surface area contributed by atoms with Crippen LogP contribution in [0.25, 0.3) is 0 Å². The van der Waals surface area contributed by atoms with Gasteiger partial charge in [0.2, 0.25) is 5.91 Å². The lowest BCUT2D eigenvalue weighted by Crippen LogP contribution is -2.71. The van der Waals surface area contributed by atoms with Gasteiger partial charge in [0.05, 0.1) is 18.1 Å². The monoisotopic (exact) mass is 579 g/mol. The number of carboxylic acids is 1. The van der Waals surface area contributed by atoms with Gasteiger partial charge in [-0.1, -0.05) is 85.0 Å². The molecular weight excluding hydrogens is 522 g/mol. The van der Waals surface area contributed by atoms with Crippen LogP contribution in [0.1, 0.15) is 137 Å². The molecule has 3 aliphatic rings. The number of carbonyl (C=O) groups is 3. The summed E-state index contributed by atoms with van der Waals surface area (Å²) in [5.74, 6) is -3.24. The highest BCUT2D eigenvalue weighted by molar-refractivity contribution is 5.83. The van der Waals surface area contributed by atoms with Crippen molar-refractivity contribution in [1.82, 2.24) is 10.2 Å². The Kier molecular flexibility index (Phi) is 11.5. The van der Waals surface area contributed by atoms with Crippen LogP contribution in [0, 0.1) is 11.3 Å². The highest BCUT2D eigenvalue weighted by Crippen LogP contribution is 2.51. The standard InChI is InChI=1S/C32H57N3O6/c1-6-7-8-9-10-13-17-31(18-16-19-31)35(28(33)39)32(20-14-11-12-15-21-32)24(27(37)38)22-34-26(36)25-29(2,3)23-40-30(4,5)41-25/h24-25H,6-23H2,1-5H3,(H2,33,39)(H,34,36)(H,37,38). The molecule has 0 spiro atoms. The number of rotatable bonds is 14. The molecule has 3 rings (SSSR count). The third-order valence-electron chi connectivity index (χ3n) is 9.96. The smallest absolute Gasteiger partial charge is 0.315 e. The fourth-order valence-electron chi connectivity index (χ4n) is 7.52. The van der Waals surface area contributed by atoms with Gasteiger partial charge in [0.15, 0.2) is 5.79 Å². The average Bonchev–Trinajstić information content (AvgIpc) is 3.12. The normalized spacial score (nSPS) is 25.2. The molecule has 1 saturated heterocycles. The van der Waals surface area contributed by atoms with Gasteiger partial charge in [-0.05, 0) is 52.4 Å². The van der Waals surface area contributed by atoms with Crippen molar-refractivity contribution in [2.45, 2.75) is 160 Å². The zero-order chi connectivity index (χ0) is 30.3. The van der Waals surface area contributed by atoms with Crippen molar-refractivity contribution in [3.63, 3.8) is 0 Å².